The summed E-state index contributed by atoms with van der Waals surface area (Å²) >= 11 is 6.01. The summed E-state index contributed by atoms with van der Waals surface area (Å²) in [6.07, 6.45) is 1.81. The zero-order valence-electron chi connectivity index (χ0n) is 24.2. The zero-order chi connectivity index (χ0) is 30.2. The van der Waals surface area contributed by atoms with Gasteiger partial charge in [0, 0.05) is 17.6 Å². The molecule has 2 aliphatic rings. The van der Waals surface area contributed by atoms with E-state index in [2.05, 4.69) is 20.9 Å². The van der Waals surface area contributed by atoms with E-state index in [-0.39, 0.29) is 17.6 Å². The molecule has 0 aliphatic carbocycles. The van der Waals surface area contributed by atoms with Crippen molar-refractivity contribution in [1.29, 1.82) is 0 Å². The molecule has 1 saturated heterocycles. The van der Waals surface area contributed by atoms with Crippen molar-refractivity contribution in [2.24, 2.45) is 0 Å². The minimum Gasteiger partial charge on any atom is -0.489 e. The van der Waals surface area contributed by atoms with E-state index >= 15 is 0 Å². The first kappa shape index (κ1) is 29.3. The van der Waals surface area contributed by atoms with Crippen LogP contribution in [0.4, 0.5) is 10.1 Å². The molecule has 4 heterocycles. The van der Waals surface area contributed by atoms with E-state index in [0.717, 1.165) is 43.2 Å². The number of carboxylic acids is 1. The number of piperidine rings is 1. The van der Waals surface area contributed by atoms with Crippen LogP contribution in [0.2, 0.25) is 5.02 Å². The number of hydrogen-bond donors (Lipinski definition) is 2. The molecule has 9 nitrogen and oxygen atoms in total. The second-order valence-corrected chi connectivity index (χ2v) is 11.8. The first-order chi connectivity index (χ1) is 20.7. The number of aliphatic hydroxyl groups is 1. The smallest absolute Gasteiger partial charge is 0.354 e. The lowest BCUT2D eigenvalue weighted by Crippen LogP contribution is -2.37. The maximum atomic E-state index is 14.9. The molecule has 43 heavy (non-hydrogen) atoms. The number of aliphatic hydroxyl groups excluding tert-OH is 1. The van der Waals surface area contributed by atoms with Gasteiger partial charge in [-0.05, 0) is 74.2 Å². The predicted octanol–water partition coefficient (Wildman–Crippen LogP) is 5.64. The monoisotopic (exact) mass is 607 g/mol. The number of rotatable bonds is 8. The van der Waals surface area contributed by atoms with Crippen LogP contribution in [0, 0.1) is 5.82 Å². The number of aromatic carboxylic acids is 1. The number of benzene rings is 2. The fourth-order valence-electron chi connectivity index (χ4n) is 6.29. The highest BCUT2D eigenvalue weighted by atomic mass is 35.5. The zero-order valence-corrected chi connectivity index (χ0v) is 25.0. The van der Waals surface area contributed by atoms with Gasteiger partial charge in [0.15, 0.2) is 11.3 Å². The van der Waals surface area contributed by atoms with Crippen molar-refractivity contribution in [2.75, 3.05) is 31.6 Å². The Hall–Kier alpha value is -3.73. The number of halogens is 2. The summed E-state index contributed by atoms with van der Waals surface area (Å²) in [6.45, 7) is 4.79. The van der Waals surface area contributed by atoms with Crippen LogP contribution in [-0.2, 0) is 13.1 Å². The molecule has 1 fully saturated rings. The van der Waals surface area contributed by atoms with E-state index in [1.165, 1.54) is 17.7 Å². The third-order valence-corrected chi connectivity index (χ3v) is 8.95. The number of para-hydroxylation sites is 1. The maximum absolute atomic E-state index is 14.9. The van der Waals surface area contributed by atoms with Gasteiger partial charge in [-0.3, -0.25) is 4.90 Å². The molecule has 0 spiro atoms. The number of anilines is 1. The van der Waals surface area contributed by atoms with Crippen LogP contribution in [0.1, 0.15) is 65.6 Å². The number of aromatic nitrogens is 3. The third-order valence-electron chi connectivity index (χ3n) is 8.72. The average Bonchev–Trinajstić information content (AvgIpc) is 3.33. The molecule has 4 aromatic rings. The molecule has 2 aliphatic heterocycles. The Balaban J connectivity index is 1.21. The van der Waals surface area contributed by atoms with Gasteiger partial charge in [0.2, 0.25) is 0 Å². The molecule has 2 aromatic carbocycles. The molecule has 226 valence electrons. The van der Waals surface area contributed by atoms with Crippen LogP contribution in [0.25, 0.3) is 11.2 Å². The van der Waals surface area contributed by atoms with E-state index in [4.69, 9.17) is 21.3 Å². The van der Waals surface area contributed by atoms with Gasteiger partial charge < -0.3 is 24.4 Å². The second kappa shape index (κ2) is 12.1. The highest BCUT2D eigenvalue weighted by Crippen LogP contribution is 2.46. The van der Waals surface area contributed by atoms with Crippen molar-refractivity contribution >= 4 is 34.4 Å². The minimum absolute atomic E-state index is 0.0480. The standard InChI is InChI=1S/C32H35ClFN5O4/c1-3-21(40)16-39-29(35-25-9-10-26(32(41)42)36-31(25)39)17-38-13-11-19(12-14-38)22-5-4-6-28-30(22)37(2)27(18-43-28)23-8-7-20(33)15-24(23)34/h4-10,15,19,21,27,40H,3,11-14,16-18H2,1-2H3,(H,41,42)/t21?,27-/m0/s1. The van der Waals surface area contributed by atoms with Crippen molar-refractivity contribution < 1.29 is 24.1 Å². The number of carboxylic acid groups (broad SMARTS) is 1. The lowest BCUT2D eigenvalue weighted by atomic mass is 9.87. The number of likely N-dealkylation sites (N-methyl/N-ethyl adjacent to an activating group) is 1. The summed E-state index contributed by atoms with van der Waals surface area (Å²) in [5.41, 5.74) is 3.80. The molecule has 1 unspecified atom stereocenters. The molecule has 0 bridgehead atoms. The summed E-state index contributed by atoms with van der Waals surface area (Å²) in [5.74, 6) is 0.428. The van der Waals surface area contributed by atoms with Gasteiger partial charge in [0.1, 0.15) is 29.5 Å². The van der Waals surface area contributed by atoms with E-state index in [1.807, 2.05) is 30.7 Å². The lowest BCUT2D eigenvalue weighted by molar-refractivity contribution is 0.0691. The van der Waals surface area contributed by atoms with Crippen molar-refractivity contribution in [2.45, 2.75) is 57.3 Å². The maximum Gasteiger partial charge on any atom is 0.354 e. The molecule has 2 N–H and O–H groups in total. The van der Waals surface area contributed by atoms with Crippen LogP contribution >= 0.6 is 11.6 Å². The van der Waals surface area contributed by atoms with Crippen LogP contribution in [-0.4, -0.2) is 68.5 Å². The third kappa shape index (κ3) is 5.79. The number of pyridine rings is 1. The molecule has 11 heteroatoms. The largest absolute Gasteiger partial charge is 0.489 e. The first-order valence-corrected chi connectivity index (χ1v) is 15.0. The molecule has 0 amide bonds. The molecule has 0 radical (unpaired) electrons. The summed E-state index contributed by atoms with van der Waals surface area (Å²) in [5, 5.41) is 20.3. The quantitative estimate of drug-likeness (QED) is 0.265. The van der Waals surface area contributed by atoms with Crippen LogP contribution in [0.3, 0.4) is 0 Å². The number of ether oxygens (including phenoxy) is 1. The Kier molecular flexibility index (Phi) is 8.26. The van der Waals surface area contributed by atoms with Crippen molar-refractivity contribution in [3.05, 3.63) is 82.0 Å². The van der Waals surface area contributed by atoms with Crippen LogP contribution in [0.5, 0.6) is 5.75 Å². The fraction of sp³-hybridized carbons (Fsp3) is 0.406. The van der Waals surface area contributed by atoms with Gasteiger partial charge in [0.25, 0.3) is 0 Å². The van der Waals surface area contributed by atoms with Crippen LogP contribution < -0.4 is 9.64 Å². The van der Waals surface area contributed by atoms with Gasteiger partial charge in [-0.15, -0.1) is 0 Å². The SMILES string of the molecule is CCC(O)Cn1c(CN2CCC(c3cccc4c3N(C)[C@H](c3ccc(Cl)cc3F)CO4)CC2)nc2ccc(C(=O)O)nc21. The topological polar surface area (TPSA) is 104 Å². The van der Waals surface area contributed by atoms with Crippen molar-refractivity contribution in [3.63, 3.8) is 0 Å². The van der Waals surface area contributed by atoms with Crippen molar-refractivity contribution in [1.82, 2.24) is 19.4 Å². The number of imidazole rings is 1. The normalized spacial score (nSPS) is 18.4. The number of likely N-dealkylation sites (tertiary alicyclic amines) is 1. The van der Waals surface area contributed by atoms with E-state index in [1.54, 1.807) is 18.2 Å². The van der Waals surface area contributed by atoms with Gasteiger partial charge in [0.05, 0.1) is 30.9 Å². The van der Waals surface area contributed by atoms with E-state index in [9.17, 15) is 19.4 Å². The number of hydrogen-bond acceptors (Lipinski definition) is 7. The summed E-state index contributed by atoms with van der Waals surface area (Å²) in [7, 11) is 2.00. The summed E-state index contributed by atoms with van der Waals surface area (Å²) < 4.78 is 22.9. The first-order valence-electron chi connectivity index (χ1n) is 14.7. The van der Waals surface area contributed by atoms with E-state index in [0.29, 0.717) is 53.8 Å². The highest BCUT2D eigenvalue weighted by Gasteiger charge is 2.33. The number of fused-ring (bicyclic) bond motifs is 2. The lowest BCUT2D eigenvalue weighted by Gasteiger charge is -2.40. The molecule has 6 rings (SSSR count). The Morgan fingerprint density at radius 1 is 1.14 bits per heavy atom. The molecule has 0 saturated carbocycles. The van der Waals surface area contributed by atoms with Gasteiger partial charge in [-0.1, -0.05) is 36.7 Å². The fourth-order valence-corrected chi connectivity index (χ4v) is 6.45. The Morgan fingerprint density at radius 2 is 1.93 bits per heavy atom. The molecule has 2 atom stereocenters. The minimum atomic E-state index is -1.10. The Morgan fingerprint density at radius 3 is 2.65 bits per heavy atom. The predicted molar refractivity (Wildman–Crippen MR) is 163 cm³/mol. The number of carbonyl (C=O) groups is 1. The van der Waals surface area contributed by atoms with Gasteiger partial charge >= 0.3 is 5.97 Å². The van der Waals surface area contributed by atoms with Gasteiger partial charge in [-0.25, -0.2) is 19.2 Å². The Labute approximate surface area is 254 Å². The molecule has 2 aromatic heterocycles. The average molecular weight is 608 g/mol. The van der Waals surface area contributed by atoms with Crippen LogP contribution in [0.15, 0.2) is 48.5 Å². The highest BCUT2D eigenvalue weighted by molar-refractivity contribution is 6.30. The Bertz CT molecular complexity index is 1650. The molecular formula is C32H35ClFN5O4. The second-order valence-electron chi connectivity index (χ2n) is 11.4. The van der Waals surface area contributed by atoms with Crippen molar-refractivity contribution in [3.8, 4) is 5.75 Å². The van der Waals surface area contributed by atoms with E-state index < -0.39 is 12.1 Å². The van der Waals surface area contributed by atoms with Gasteiger partial charge in [-0.2, -0.15) is 0 Å². The number of nitrogens with zero attached hydrogens (tertiary/aromatic N) is 5. The summed E-state index contributed by atoms with van der Waals surface area (Å²) in [4.78, 5) is 25.1. The summed E-state index contributed by atoms with van der Waals surface area (Å²) in [6, 6.07) is 13.8. The molecular weight excluding hydrogens is 573 g/mol.